The summed E-state index contributed by atoms with van der Waals surface area (Å²) in [5.41, 5.74) is 6.56. The van der Waals surface area contributed by atoms with Crippen LogP contribution >= 0.6 is 0 Å². The maximum Gasteiger partial charge on any atom is 0.163 e. The van der Waals surface area contributed by atoms with Crippen molar-refractivity contribution >= 4 is 16.9 Å². The van der Waals surface area contributed by atoms with E-state index >= 15 is 0 Å². The van der Waals surface area contributed by atoms with Gasteiger partial charge in [0.15, 0.2) is 11.5 Å². The average Bonchev–Trinajstić information content (AvgIpc) is 2.72. The number of anilines is 1. The summed E-state index contributed by atoms with van der Waals surface area (Å²) < 4.78 is 12.1. The molecule has 2 N–H and O–H groups in total. The van der Waals surface area contributed by atoms with Gasteiger partial charge in [0.05, 0.1) is 11.6 Å². The lowest BCUT2D eigenvalue weighted by molar-refractivity contribution is 0.0892. The molecule has 0 unspecified atom stereocenters. The molecule has 0 spiro atoms. The minimum absolute atomic E-state index is 0.342. The van der Waals surface area contributed by atoms with E-state index in [0.29, 0.717) is 31.5 Å². The van der Waals surface area contributed by atoms with Crippen molar-refractivity contribution in [3.05, 3.63) is 12.0 Å². The highest BCUT2D eigenvalue weighted by molar-refractivity contribution is 5.84. The molecular weight excluding hydrogens is 234 g/mol. The molecule has 2 aromatic heterocycles. The maximum absolute atomic E-state index is 5.84. The number of rotatable bonds is 6. The third-order valence-electron chi connectivity index (χ3n) is 2.54. The molecule has 0 saturated carbocycles. The summed E-state index contributed by atoms with van der Waals surface area (Å²) in [6.45, 7) is 1.64. The van der Waals surface area contributed by atoms with Gasteiger partial charge in [0.25, 0.3) is 0 Å². The molecule has 0 amide bonds. The van der Waals surface area contributed by atoms with E-state index in [1.54, 1.807) is 18.0 Å². The van der Waals surface area contributed by atoms with Crippen LogP contribution in [0.4, 0.5) is 5.82 Å². The van der Waals surface area contributed by atoms with Gasteiger partial charge in [-0.3, -0.25) is 4.68 Å². The van der Waals surface area contributed by atoms with E-state index in [1.807, 2.05) is 7.05 Å². The molecule has 0 bridgehead atoms. The van der Waals surface area contributed by atoms with Gasteiger partial charge in [0.1, 0.15) is 12.4 Å². The largest absolute Gasteiger partial charge is 0.385 e. The molecule has 0 radical (unpaired) electrons. The normalized spacial score (nSPS) is 11.2. The monoisotopic (exact) mass is 251 g/mol. The fourth-order valence-electron chi connectivity index (χ4n) is 1.62. The predicted octanol–water partition coefficient (Wildman–Crippen LogP) is 0.499. The van der Waals surface area contributed by atoms with Crippen LogP contribution in [0.3, 0.4) is 0 Å². The van der Waals surface area contributed by atoms with Crippen LogP contribution in [0.15, 0.2) is 6.20 Å². The topological polar surface area (TPSA) is 88.1 Å². The minimum atomic E-state index is 0.342. The summed E-state index contributed by atoms with van der Waals surface area (Å²) in [6.07, 6.45) is 2.51. The van der Waals surface area contributed by atoms with Crippen LogP contribution in [-0.2, 0) is 23.1 Å². The molecule has 7 heteroatoms. The number of aromatic nitrogens is 4. The van der Waals surface area contributed by atoms with Crippen molar-refractivity contribution in [2.24, 2.45) is 7.05 Å². The van der Waals surface area contributed by atoms with Crippen molar-refractivity contribution in [3.8, 4) is 0 Å². The first-order chi connectivity index (χ1) is 8.72. The number of nitrogen functional groups attached to an aromatic ring is 1. The van der Waals surface area contributed by atoms with Crippen LogP contribution in [0.2, 0.25) is 0 Å². The highest BCUT2D eigenvalue weighted by atomic mass is 16.5. The lowest BCUT2D eigenvalue weighted by Crippen LogP contribution is -2.06. The van der Waals surface area contributed by atoms with Crippen molar-refractivity contribution in [2.45, 2.75) is 13.0 Å². The molecule has 0 aliphatic carbocycles. The van der Waals surface area contributed by atoms with Crippen LogP contribution < -0.4 is 5.73 Å². The van der Waals surface area contributed by atoms with Gasteiger partial charge in [-0.05, 0) is 6.42 Å². The average molecular weight is 251 g/mol. The molecule has 2 heterocycles. The summed E-state index contributed by atoms with van der Waals surface area (Å²) in [4.78, 5) is 8.56. The lowest BCUT2D eigenvalue weighted by atomic mass is 10.4. The smallest absolute Gasteiger partial charge is 0.163 e. The Morgan fingerprint density at radius 3 is 2.94 bits per heavy atom. The summed E-state index contributed by atoms with van der Waals surface area (Å²) in [7, 11) is 3.48. The summed E-state index contributed by atoms with van der Waals surface area (Å²) in [5, 5.41) is 4.86. The first-order valence-electron chi connectivity index (χ1n) is 5.73. The van der Waals surface area contributed by atoms with E-state index < -0.39 is 0 Å². The Hall–Kier alpha value is -1.73. The molecule has 7 nitrogen and oxygen atoms in total. The van der Waals surface area contributed by atoms with Crippen LogP contribution in [0.1, 0.15) is 12.2 Å². The molecule has 0 aromatic carbocycles. The van der Waals surface area contributed by atoms with E-state index in [1.165, 1.54) is 0 Å². The second-order valence-corrected chi connectivity index (χ2v) is 3.93. The fourth-order valence-corrected chi connectivity index (χ4v) is 1.62. The third kappa shape index (κ3) is 2.74. The zero-order chi connectivity index (χ0) is 13.0. The number of hydrogen-bond donors (Lipinski definition) is 1. The second kappa shape index (κ2) is 5.74. The van der Waals surface area contributed by atoms with Crippen LogP contribution in [0.5, 0.6) is 0 Å². The third-order valence-corrected chi connectivity index (χ3v) is 2.54. The number of ether oxygens (including phenoxy) is 2. The number of aryl methyl sites for hydroxylation is 1. The molecule has 98 valence electrons. The fraction of sp³-hybridized carbons (Fsp3) is 0.545. The Balaban J connectivity index is 2.02. The van der Waals surface area contributed by atoms with Gasteiger partial charge >= 0.3 is 0 Å². The molecule has 18 heavy (non-hydrogen) atoms. The summed E-state index contributed by atoms with van der Waals surface area (Å²) in [6, 6.07) is 0. The van der Waals surface area contributed by atoms with E-state index in [9.17, 15) is 0 Å². The lowest BCUT2D eigenvalue weighted by Gasteiger charge is -2.04. The van der Waals surface area contributed by atoms with Gasteiger partial charge in [0.2, 0.25) is 0 Å². The minimum Gasteiger partial charge on any atom is -0.385 e. The Kier molecular flexibility index (Phi) is 4.06. The quantitative estimate of drug-likeness (QED) is 0.752. The number of nitrogens with zero attached hydrogens (tertiary/aromatic N) is 4. The Morgan fingerprint density at radius 2 is 2.17 bits per heavy atom. The first-order valence-corrected chi connectivity index (χ1v) is 5.73. The van der Waals surface area contributed by atoms with E-state index in [0.717, 1.165) is 17.5 Å². The van der Waals surface area contributed by atoms with Crippen LogP contribution in [-0.4, -0.2) is 40.1 Å². The number of hydrogen-bond acceptors (Lipinski definition) is 6. The maximum atomic E-state index is 5.84. The highest BCUT2D eigenvalue weighted by Crippen LogP contribution is 2.16. The zero-order valence-electron chi connectivity index (χ0n) is 10.6. The van der Waals surface area contributed by atoms with Crippen molar-refractivity contribution < 1.29 is 9.47 Å². The van der Waals surface area contributed by atoms with E-state index in [4.69, 9.17) is 15.2 Å². The first kappa shape index (κ1) is 12.7. The van der Waals surface area contributed by atoms with E-state index in [2.05, 4.69) is 15.1 Å². The SMILES string of the molecule is COCCCOCc1nc(N)c2cnn(C)c2n1. The molecule has 0 aliphatic rings. The van der Waals surface area contributed by atoms with Crippen molar-refractivity contribution in [1.82, 2.24) is 19.7 Å². The van der Waals surface area contributed by atoms with Crippen molar-refractivity contribution in [3.63, 3.8) is 0 Å². The zero-order valence-corrected chi connectivity index (χ0v) is 10.6. The Labute approximate surface area is 105 Å². The van der Waals surface area contributed by atoms with E-state index in [-0.39, 0.29) is 0 Å². The van der Waals surface area contributed by atoms with Crippen LogP contribution in [0.25, 0.3) is 11.0 Å². The van der Waals surface area contributed by atoms with Gasteiger partial charge in [-0.25, -0.2) is 9.97 Å². The number of nitrogens with two attached hydrogens (primary N) is 1. The van der Waals surface area contributed by atoms with Crippen LogP contribution in [0, 0.1) is 0 Å². The molecule has 0 saturated heterocycles. The van der Waals surface area contributed by atoms with Gasteiger partial charge < -0.3 is 15.2 Å². The molecular formula is C11H17N5O2. The molecule has 0 aliphatic heterocycles. The molecule has 0 atom stereocenters. The van der Waals surface area contributed by atoms with Gasteiger partial charge in [-0.15, -0.1) is 0 Å². The molecule has 0 fully saturated rings. The van der Waals surface area contributed by atoms with Gasteiger partial charge in [0, 0.05) is 27.4 Å². The van der Waals surface area contributed by atoms with Gasteiger partial charge in [-0.1, -0.05) is 0 Å². The highest BCUT2D eigenvalue weighted by Gasteiger charge is 2.08. The van der Waals surface area contributed by atoms with Gasteiger partial charge in [-0.2, -0.15) is 5.10 Å². The Bertz CT molecular complexity index is 525. The Morgan fingerprint density at radius 1 is 1.33 bits per heavy atom. The number of fused-ring (bicyclic) bond motifs is 1. The van der Waals surface area contributed by atoms with Crippen molar-refractivity contribution in [1.29, 1.82) is 0 Å². The molecule has 2 rings (SSSR count). The standard InChI is InChI=1S/C11H17N5O2/c1-16-11-8(6-13-16)10(12)14-9(15-11)7-18-5-3-4-17-2/h6H,3-5,7H2,1-2H3,(H2,12,14,15). The summed E-state index contributed by atoms with van der Waals surface area (Å²) in [5.74, 6) is 1.00. The van der Waals surface area contributed by atoms with Crippen molar-refractivity contribution in [2.75, 3.05) is 26.1 Å². The predicted molar refractivity (Wildman–Crippen MR) is 66.9 cm³/mol. The molecule has 2 aromatic rings. The summed E-state index contributed by atoms with van der Waals surface area (Å²) >= 11 is 0. The second-order valence-electron chi connectivity index (χ2n) is 3.93. The number of methoxy groups -OCH3 is 1.